The second-order valence-electron chi connectivity index (χ2n) is 4.31. The standard InChI is InChI=1S/C13H17N5O2/c1-10(20)15-12-4-2-11(3-5-12)14-8-13-9-18(6-7-19)17-16-13/h2-5,9,14,19H,6-8H2,1H3,(H,15,20). The number of carbonyl (C=O) groups is 1. The van der Waals surface area contributed by atoms with Gasteiger partial charge < -0.3 is 15.7 Å². The van der Waals surface area contributed by atoms with Crippen molar-refractivity contribution >= 4 is 17.3 Å². The van der Waals surface area contributed by atoms with Crippen LogP contribution in [0.2, 0.25) is 0 Å². The maximum atomic E-state index is 10.9. The summed E-state index contributed by atoms with van der Waals surface area (Å²) in [5.41, 5.74) is 2.48. The highest BCUT2D eigenvalue weighted by atomic mass is 16.3. The average Bonchev–Trinajstić information content (AvgIpc) is 2.86. The zero-order valence-electron chi connectivity index (χ0n) is 11.2. The van der Waals surface area contributed by atoms with Crippen LogP contribution in [-0.2, 0) is 17.9 Å². The number of carbonyl (C=O) groups excluding carboxylic acids is 1. The van der Waals surface area contributed by atoms with Crippen LogP contribution in [0.3, 0.4) is 0 Å². The second kappa shape index (κ2) is 6.67. The number of amides is 1. The average molecular weight is 275 g/mol. The van der Waals surface area contributed by atoms with Crippen molar-refractivity contribution in [2.45, 2.75) is 20.0 Å². The van der Waals surface area contributed by atoms with E-state index >= 15 is 0 Å². The first-order chi connectivity index (χ1) is 9.67. The summed E-state index contributed by atoms with van der Waals surface area (Å²) in [4.78, 5) is 10.9. The number of aliphatic hydroxyl groups is 1. The van der Waals surface area contributed by atoms with Gasteiger partial charge in [-0.3, -0.25) is 4.79 Å². The van der Waals surface area contributed by atoms with Crippen LogP contribution in [0.1, 0.15) is 12.6 Å². The van der Waals surface area contributed by atoms with Crippen molar-refractivity contribution in [3.05, 3.63) is 36.2 Å². The van der Waals surface area contributed by atoms with Gasteiger partial charge in [-0.2, -0.15) is 0 Å². The van der Waals surface area contributed by atoms with E-state index in [1.165, 1.54) is 6.92 Å². The minimum Gasteiger partial charge on any atom is -0.394 e. The van der Waals surface area contributed by atoms with Crippen molar-refractivity contribution in [2.24, 2.45) is 0 Å². The molecule has 0 bridgehead atoms. The molecule has 1 aromatic heterocycles. The molecule has 20 heavy (non-hydrogen) atoms. The Labute approximate surface area is 116 Å². The molecule has 1 heterocycles. The van der Waals surface area contributed by atoms with Gasteiger partial charge in [-0.25, -0.2) is 4.68 Å². The molecular weight excluding hydrogens is 258 g/mol. The molecule has 7 nitrogen and oxygen atoms in total. The molecule has 1 aromatic carbocycles. The Morgan fingerprint density at radius 1 is 1.30 bits per heavy atom. The quantitative estimate of drug-likeness (QED) is 0.726. The van der Waals surface area contributed by atoms with E-state index in [1.807, 2.05) is 24.3 Å². The number of benzene rings is 1. The molecule has 0 aliphatic heterocycles. The Morgan fingerprint density at radius 2 is 2.00 bits per heavy atom. The van der Waals surface area contributed by atoms with E-state index in [4.69, 9.17) is 5.11 Å². The maximum Gasteiger partial charge on any atom is 0.221 e. The molecule has 2 aromatic rings. The summed E-state index contributed by atoms with van der Waals surface area (Å²) >= 11 is 0. The van der Waals surface area contributed by atoms with E-state index in [1.54, 1.807) is 10.9 Å². The third kappa shape index (κ3) is 4.06. The molecule has 0 fully saturated rings. The Kier molecular flexibility index (Phi) is 4.67. The van der Waals surface area contributed by atoms with Gasteiger partial charge >= 0.3 is 0 Å². The van der Waals surface area contributed by atoms with Crippen LogP contribution in [0.4, 0.5) is 11.4 Å². The highest BCUT2D eigenvalue weighted by Crippen LogP contribution is 2.14. The van der Waals surface area contributed by atoms with Gasteiger partial charge in [0.1, 0.15) is 5.69 Å². The lowest BCUT2D eigenvalue weighted by Gasteiger charge is -2.06. The molecule has 1 amide bonds. The van der Waals surface area contributed by atoms with E-state index in [0.29, 0.717) is 13.1 Å². The summed E-state index contributed by atoms with van der Waals surface area (Å²) in [5.74, 6) is -0.0915. The van der Waals surface area contributed by atoms with Crippen LogP contribution >= 0.6 is 0 Å². The largest absolute Gasteiger partial charge is 0.394 e. The van der Waals surface area contributed by atoms with Crippen LogP contribution in [0, 0.1) is 0 Å². The molecule has 106 valence electrons. The first-order valence-corrected chi connectivity index (χ1v) is 6.29. The van der Waals surface area contributed by atoms with Crippen LogP contribution in [0.15, 0.2) is 30.5 Å². The van der Waals surface area contributed by atoms with Crippen molar-refractivity contribution in [3.8, 4) is 0 Å². The molecule has 0 aliphatic rings. The lowest BCUT2D eigenvalue weighted by Crippen LogP contribution is -2.05. The monoisotopic (exact) mass is 275 g/mol. The molecule has 0 aliphatic carbocycles. The van der Waals surface area contributed by atoms with Crippen LogP contribution < -0.4 is 10.6 Å². The predicted molar refractivity (Wildman–Crippen MR) is 75.2 cm³/mol. The summed E-state index contributed by atoms with van der Waals surface area (Å²) in [7, 11) is 0. The SMILES string of the molecule is CC(=O)Nc1ccc(NCc2cn(CCO)nn2)cc1. The van der Waals surface area contributed by atoms with Gasteiger partial charge in [0.15, 0.2) is 0 Å². The molecule has 0 saturated carbocycles. The number of aromatic nitrogens is 3. The molecule has 3 N–H and O–H groups in total. The fourth-order valence-electron chi connectivity index (χ4n) is 1.70. The van der Waals surface area contributed by atoms with Gasteiger partial charge in [0.2, 0.25) is 5.91 Å². The highest BCUT2D eigenvalue weighted by molar-refractivity contribution is 5.88. The molecule has 7 heteroatoms. The zero-order valence-corrected chi connectivity index (χ0v) is 11.2. The van der Waals surface area contributed by atoms with E-state index in [0.717, 1.165) is 17.1 Å². The third-order valence-corrected chi connectivity index (χ3v) is 2.59. The maximum absolute atomic E-state index is 10.9. The number of hydrogen-bond acceptors (Lipinski definition) is 5. The van der Waals surface area contributed by atoms with E-state index in [-0.39, 0.29) is 12.5 Å². The Bertz CT molecular complexity index is 564. The van der Waals surface area contributed by atoms with Gasteiger partial charge in [0.25, 0.3) is 0 Å². The first kappa shape index (κ1) is 14.0. The van der Waals surface area contributed by atoms with Crippen LogP contribution in [0.25, 0.3) is 0 Å². The first-order valence-electron chi connectivity index (χ1n) is 6.29. The topological polar surface area (TPSA) is 92.1 Å². The van der Waals surface area contributed by atoms with Gasteiger partial charge in [-0.05, 0) is 24.3 Å². The predicted octanol–water partition coefficient (Wildman–Crippen LogP) is 0.841. The number of aliphatic hydroxyl groups excluding tert-OH is 1. The summed E-state index contributed by atoms with van der Waals surface area (Å²) in [6.45, 7) is 2.51. The van der Waals surface area contributed by atoms with Crippen molar-refractivity contribution in [2.75, 3.05) is 17.2 Å². The highest BCUT2D eigenvalue weighted by Gasteiger charge is 2.01. The van der Waals surface area contributed by atoms with Crippen molar-refractivity contribution in [1.82, 2.24) is 15.0 Å². The number of anilines is 2. The van der Waals surface area contributed by atoms with Crippen molar-refractivity contribution < 1.29 is 9.90 Å². The minimum atomic E-state index is -0.0915. The second-order valence-corrected chi connectivity index (χ2v) is 4.31. The smallest absolute Gasteiger partial charge is 0.221 e. The Hall–Kier alpha value is -2.41. The fraction of sp³-hybridized carbons (Fsp3) is 0.308. The van der Waals surface area contributed by atoms with Crippen LogP contribution in [0.5, 0.6) is 0 Å². The van der Waals surface area contributed by atoms with E-state index in [9.17, 15) is 4.79 Å². The van der Waals surface area contributed by atoms with E-state index < -0.39 is 0 Å². The lowest BCUT2D eigenvalue weighted by molar-refractivity contribution is -0.114. The van der Waals surface area contributed by atoms with Crippen molar-refractivity contribution in [3.63, 3.8) is 0 Å². The molecule has 0 radical (unpaired) electrons. The zero-order chi connectivity index (χ0) is 14.4. The van der Waals surface area contributed by atoms with Gasteiger partial charge in [0, 0.05) is 18.3 Å². The van der Waals surface area contributed by atoms with E-state index in [2.05, 4.69) is 20.9 Å². The Morgan fingerprint density at radius 3 is 2.65 bits per heavy atom. The molecule has 0 saturated heterocycles. The molecule has 0 atom stereocenters. The summed E-state index contributed by atoms with van der Waals surface area (Å²) in [6, 6.07) is 7.41. The number of nitrogens with zero attached hydrogens (tertiary/aromatic N) is 3. The normalized spacial score (nSPS) is 10.3. The van der Waals surface area contributed by atoms with Crippen LogP contribution in [-0.4, -0.2) is 32.6 Å². The number of hydrogen-bond donors (Lipinski definition) is 3. The Balaban J connectivity index is 1.88. The number of nitrogens with one attached hydrogen (secondary N) is 2. The molecule has 0 spiro atoms. The molecule has 2 rings (SSSR count). The third-order valence-electron chi connectivity index (χ3n) is 2.59. The minimum absolute atomic E-state index is 0.0425. The summed E-state index contributed by atoms with van der Waals surface area (Å²) in [5, 5.41) is 22.6. The van der Waals surface area contributed by atoms with Gasteiger partial charge in [-0.1, -0.05) is 5.21 Å². The summed E-state index contributed by atoms with van der Waals surface area (Å²) in [6.07, 6.45) is 1.79. The lowest BCUT2D eigenvalue weighted by atomic mass is 10.2. The van der Waals surface area contributed by atoms with Crippen molar-refractivity contribution in [1.29, 1.82) is 0 Å². The molecule has 0 unspecified atom stereocenters. The van der Waals surface area contributed by atoms with Gasteiger partial charge in [0.05, 0.1) is 25.9 Å². The molecular formula is C13H17N5O2. The number of rotatable bonds is 6. The van der Waals surface area contributed by atoms with Gasteiger partial charge in [-0.15, -0.1) is 5.10 Å². The fourth-order valence-corrected chi connectivity index (χ4v) is 1.70. The summed E-state index contributed by atoms with van der Waals surface area (Å²) < 4.78 is 1.59.